The minimum Gasteiger partial charge on any atom is -0.377 e. The molecule has 112 valence electrons. The van der Waals surface area contributed by atoms with Crippen molar-refractivity contribution in [1.29, 1.82) is 0 Å². The molecule has 0 aromatic carbocycles. The number of thioether (sulfide) groups is 1. The fourth-order valence-corrected chi connectivity index (χ4v) is 3.95. The zero-order valence-electron chi connectivity index (χ0n) is 11.4. The highest BCUT2D eigenvalue weighted by molar-refractivity contribution is 7.99. The van der Waals surface area contributed by atoms with E-state index >= 15 is 0 Å². The molecule has 1 aliphatic heterocycles. The number of primary amides is 1. The van der Waals surface area contributed by atoms with Crippen LogP contribution in [-0.4, -0.2) is 39.1 Å². The Morgan fingerprint density at radius 2 is 2.48 bits per heavy atom. The lowest BCUT2D eigenvalue weighted by atomic mass is 10.3. The van der Waals surface area contributed by atoms with Crippen molar-refractivity contribution in [2.75, 3.05) is 12.4 Å². The first-order chi connectivity index (χ1) is 10.2. The van der Waals surface area contributed by atoms with Crippen molar-refractivity contribution in [3.05, 3.63) is 17.5 Å². The number of hydrogen-bond donors (Lipinski definition) is 1. The average Bonchev–Trinajstić information content (AvgIpc) is 3.18. The maximum absolute atomic E-state index is 11.3. The van der Waals surface area contributed by atoms with E-state index in [4.69, 9.17) is 10.5 Å². The monoisotopic (exact) mass is 324 g/mol. The number of ether oxygens (including phenoxy) is 1. The molecule has 2 aromatic heterocycles. The second-order valence-electron chi connectivity index (χ2n) is 4.78. The summed E-state index contributed by atoms with van der Waals surface area (Å²) in [5.41, 5.74) is 5.35. The number of thiophene rings is 1. The van der Waals surface area contributed by atoms with Crippen LogP contribution in [0, 0.1) is 0 Å². The molecule has 1 atom stereocenters. The summed E-state index contributed by atoms with van der Waals surface area (Å²) in [6.45, 7) is 0.924. The maximum atomic E-state index is 11.3. The first-order valence-corrected chi connectivity index (χ1v) is 8.60. The molecule has 1 amide bonds. The molecule has 0 spiro atoms. The number of nitrogens with two attached hydrogens (primary N) is 1. The summed E-state index contributed by atoms with van der Waals surface area (Å²) in [4.78, 5) is 12.3. The third kappa shape index (κ3) is 3.45. The standard InChI is InChI=1S/C13H16N4O2S2/c14-11(18)7-17-12(10-4-2-6-20-10)15-16-13(17)21-8-9-3-1-5-19-9/h2,4,6,9H,1,3,5,7-8H2,(H2,14,18)/t9-/m1/s1. The first-order valence-electron chi connectivity index (χ1n) is 6.74. The molecule has 0 bridgehead atoms. The van der Waals surface area contributed by atoms with Crippen molar-refractivity contribution >= 4 is 29.0 Å². The normalized spacial score (nSPS) is 18.2. The molecule has 1 aliphatic rings. The van der Waals surface area contributed by atoms with E-state index in [0.717, 1.165) is 30.1 Å². The van der Waals surface area contributed by atoms with Gasteiger partial charge in [-0.15, -0.1) is 21.5 Å². The number of nitrogens with zero attached hydrogens (tertiary/aromatic N) is 3. The molecule has 3 heterocycles. The van der Waals surface area contributed by atoms with Gasteiger partial charge in [0.15, 0.2) is 11.0 Å². The van der Waals surface area contributed by atoms with Gasteiger partial charge in [-0.05, 0) is 24.3 Å². The van der Waals surface area contributed by atoms with Gasteiger partial charge in [-0.1, -0.05) is 17.8 Å². The third-order valence-electron chi connectivity index (χ3n) is 3.19. The van der Waals surface area contributed by atoms with Crippen LogP contribution in [0.3, 0.4) is 0 Å². The molecule has 1 fully saturated rings. The van der Waals surface area contributed by atoms with E-state index < -0.39 is 5.91 Å². The van der Waals surface area contributed by atoms with Crippen LogP contribution in [0.15, 0.2) is 22.7 Å². The molecule has 2 aromatic rings. The topological polar surface area (TPSA) is 83.0 Å². The fraction of sp³-hybridized carbons (Fsp3) is 0.462. The molecule has 21 heavy (non-hydrogen) atoms. The summed E-state index contributed by atoms with van der Waals surface area (Å²) in [7, 11) is 0. The minimum absolute atomic E-state index is 0.0914. The zero-order chi connectivity index (χ0) is 14.7. The maximum Gasteiger partial charge on any atom is 0.237 e. The summed E-state index contributed by atoms with van der Waals surface area (Å²) in [6, 6.07) is 3.91. The van der Waals surface area contributed by atoms with E-state index in [-0.39, 0.29) is 12.6 Å². The number of amides is 1. The summed E-state index contributed by atoms with van der Waals surface area (Å²) in [5, 5.41) is 11.1. The molecule has 6 nitrogen and oxygen atoms in total. The van der Waals surface area contributed by atoms with Crippen molar-refractivity contribution in [3.8, 4) is 10.7 Å². The van der Waals surface area contributed by atoms with Gasteiger partial charge < -0.3 is 10.5 Å². The van der Waals surface area contributed by atoms with Gasteiger partial charge >= 0.3 is 0 Å². The molecule has 3 rings (SSSR count). The number of rotatable bonds is 6. The first kappa shape index (κ1) is 14.6. The predicted octanol–water partition coefficient (Wildman–Crippen LogP) is 1.76. The van der Waals surface area contributed by atoms with Crippen molar-refractivity contribution in [3.63, 3.8) is 0 Å². The molecule has 1 saturated heterocycles. The van der Waals surface area contributed by atoms with Crippen LogP contribution in [0.25, 0.3) is 10.7 Å². The van der Waals surface area contributed by atoms with Gasteiger partial charge in [0.1, 0.15) is 6.54 Å². The molecule has 0 saturated carbocycles. The highest BCUT2D eigenvalue weighted by atomic mass is 32.2. The summed E-state index contributed by atoms with van der Waals surface area (Å²) < 4.78 is 7.39. The van der Waals surface area contributed by atoms with Crippen LogP contribution in [-0.2, 0) is 16.1 Å². The largest absolute Gasteiger partial charge is 0.377 e. The Morgan fingerprint density at radius 3 is 3.14 bits per heavy atom. The van der Waals surface area contributed by atoms with Gasteiger partial charge in [0.25, 0.3) is 0 Å². The minimum atomic E-state index is -0.397. The van der Waals surface area contributed by atoms with Crippen LogP contribution < -0.4 is 5.73 Å². The van der Waals surface area contributed by atoms with Gasteiger partial charge in [0, 0.05) is 12.4 Å². The van der Waals surface area contributed by atoms with E-state index in [1.807, 2.05) is 17.5 Å². The molecule has 8 heteroatoms. The highest BCUT2D eigenvalue weighted by Crippen LogP contribution is 2.28. The number of hydrogen-bond acceptors (Lipinski definition) is 6. The van der Waals surface area contributed by atoms with Gasteiger partial charge in [0.2, 0.25) is 5.91 Å². The summed E-state index contributed by atoms with van der Waals surface area (Å²) in [6.07, 6.45) is 2.45. The molecule has 2 N–H and O–H groups in total. The number of aromatic nitrogens is 3. The van der Waals surface area contributed by atoms with Crippen molar-refractivity contribution in [1.82, 2.24) is 14.8 Å². The molecule has 0 radical (unpaired) electrons. The van der Waals surface area contributed by atoms with Gasteiger partial charge in [-0.25, -0.2) is 0 Å². The Labute approximate surface area is 130 Å². The third-order valence-corrected chi connectivity index (χ3v) is 5.16. The Hall–Kier alpha value is -1.38. The Bertz CT molecular complexity index is 606. The Morgan fingerprint density at radius 1 is 1.57 bits per heavy atom. The lowest BCUT2D eigenvalue weighted by Crippen LogP contribution is -2.20. The molecular weight excluding hydrogens is 308 g/mol. The van der Waals surface area contributed by atoms with E-state index in [1.165, 1.54) is 0 Å². The second-order valence-corrected chi connectivity index (χ2v) is 6.72. The lowest BCUT2D eigenvalue weighted by molar-refractivity contribution is -0.118. The number of carbonyl (C=O) groups excluding carboxylic acids is 1. The molecular formula is C13H16N4O2S2. The average molecular weight is 324 g/mol. The summed E-state index contributed by atoms with van der Waals surface area (Å²) >= 11 is 3.13. The second kappa shape index (κ2) is 6.59. The predicted molar refractivity (Wildman–Crippen MR) is 82.2 cm³/mol. The zero-order valence-corrected chi connectivity index (χ0v) is 13.0. The smallest absolute Gasteiger partial charge is 0.237 e. The molecule has 0 aliphatic carbocycles. The highest BCUT2D eigenvalue weighted by Gasteiger charge is 2.20. The Balaban J connectivity index is 1.80. The van der Waals surface area contributed by atoms with Gasteiger partial charge in [-0.3, -0.25) is 9.36 Å². The molecule has 0 unspecified atom stereocenters. The van der Waals surface area contributed by atoms with E-state index in [0.29, 0.717) is 11.0 Å². The van der Waals surface area contributed by atoms with E-state index in [1.54, 1.807) is 27.7 Å². The SMILES string of the molecule is NC(=O)Cn1c(SC[C@H]2CCCO2)nnc1-c1cccs1. The van der Waals surface area contributed by atoms with Gasteiger partial charge in [0.05, 0.1) is 11.0 Å². The van der Waals surface area contributed by atoms with E-state index in [2.05, 4.69) is 10.2 Å². The van der Waals surface area contributed by atoms with Crippen LogP contribution >= 0.6 is 23.1 Å². The van der Waals surface area contributed by atoms with Crippen LogP contribution in [0.2, 0.25) is 0 Å². The van der Waals surface area contributed by atoms with Gasteiger partial charge in [-0.2, -0.15) is 0 Å². The summed E-state index contributed by atoms with van der Waals surface area (Å²) in [5.74, 6) is 1.12. The Kier molecular flexibility index (Phi) is 4.57. The van der Waals surface area contributed by atoms with Crippen molar-refractivity contribution < 1.29 is 9.53 Å². The van der Waals surface area contributed by atoms with Crippen LogP contribution in [0.5, 0.6) is 0 Å². The fourth-order valence-electron chi connectivity index (χ4n) is 2.23. The van der Waals surface area contributed by atoms with Crippen molar-refractivity contribution in [2.45, 2.75) is 30.6 Å². The van der Waals surface area contributed by atoms with Crippen molar-refractivity contribution in [2.24, 2.45) is 5.73 Å². The van der Waals surface area contributed by atoms with Crippen LogP contribution in [0.4, 0.5) is 0 Å². The van der Waals surface area contributed by atoms with E-state index in [9.17, 15) is 4.79 Å². The number of carbonyl (C=O) groups is 1. The lowest BCUT2D eigenvalue weighted by Gasteiger charge is -2.10. The quantitative estimate of drug-likeness (QED) is 0.819. The van der Waals surface area contributed by atoms with Crippen LogP contribution in [0.1, 0.15) is 12.8 Å².